The molecule has 1 unspecified atom stereocenters. The van der Waals surface area contributed by atoms with Crippen molar-refractivity contribution in [2.45, 2.75) is 51.0 Å². The molecule has 0 aromatic heterocycles. The molecule has 0 spiro atoms. The Balaban J connectivity index is 1.65. The number of amides is 1. The molecular formula is C17H26N2O. The van der Waals surface area contributed by atoms with Crippen molar-refractivity contribution in [3.63, 3.8) is 0 Å². The minimum absolute atomic E-state index is 0.00602. The van der Waals surface area contributed by atoms with E-state index in [0.29, 0.717) is 12.5 Å². The minimum atomic E-state index is -0.339. The average molecular weight is 274 g/mol. The maximum Gasteiger partial charge on any atom is 0.236 e. The molecule has 0 aliphatic heterocycles. The fourth-order valence-electron chi connectivity index (χ4n) is 2.99. The third-order valence-corrected chi connectivity index (χ3v) is 4.20. The summed E-state index contributed by atoms with van der Waals surface area (Å²) in [5, 5.41) is 2.96. The van der Waals surface area contributed by atoms with Crippen LogP contribution in [-0.4, -0.2) is 18.5 Å². The van der Waals surface area contributed by atoms with E-state index >= 15 is 0 Å². The van der Waals surface area contributed by atoms with Crippen LogP contribution in [0.5, 0.6) is 0 Å². The molecule has 110 valence electrons. The van der Waals surface area contributed by atoms with Crippen molar-refractivity contribution in [3.8, 4) is 0 Å². The fraction of sp³-hybridized carbons (Fsp3) is 0.588. The van der Waals surface area contributed by atoms with Crippen LogP contribution in [0.15, 0.2) is 30.3 Å². The van der Waals surface area contributed by atoms with Gasteiger partial charge in [-0.25, -0.2) is 0 Å². The van der Waals surface area contributed by atoms with Gasteiger partial charge in [0.05, 0.1) is 6.04 Å². The van der Waals surface area contributed by atoms with Crippen molar-refractivity contribution >= 4 is 5.91 Å². The first-order valence-electron chi connectivity index (χ1n) is 7.83. The van der Waals surface area contributed by atoms with Crippen LogP contribution in [0.4, 0.5) is 0 Å². The molecule has 0 bridgehead atoms. The Morgan fingerprint density at radius 1 is 1.20 bits per heavy atom. The number of rotatable bonds is 6. The second-order valence-electron chi connectivity index (χ2n) is 5.87. The van der Waals surface area contributed by atoms with Gasteiger partial charge in [0.15, 0.2) is 0 Å². The van der Waals surface area contributed by atoms with E-state index in [9.17, 15) is 4.79 Å². The van der Waals surface area contributed by atoms with E-state index in [4.69, 9.17) is 5.73 Å². The van der Waals surface area contributed by atoms with Gasteiger partial charge in [0, 0.05) is 6.54 Å². The van der Waals surface area contributed by atoms with E-state index in [1.165, 1.54) is 37.7 Å². The first-order valence-corrected chi connectivity index (χ1v) is 7.83. The molecule has 1 aliphatic carbocycles. The Morgan fingerprint density at radius 2 is 1.90 bits per heavy atom. The fourth-order valence-corrected chi connectivity index (χ4v) is 2.99. The summed E-state index contributed by atoms with van der Waals surface area (Å²) in [6.45, 7) is 0.668. The van der Waals surface area contributed by atoms with Crippen molar-refractivity contribution in [2.24, 2.45) is 11.7 Å². The van der Waals surface area contributed by atoms with E-state index in [1.54, 1.807) is 0 Å². The zero-order chi connectivity index (χ0) is 14.2. The molecule has 3 heteroatoms. The van der Waals surface area contributed by atoms with Crippen molar-refractivity contribution in [3.05, 3.63) is 35.9 Å². The second-order valence-corrected chi connectivity index (χ2v) is 5.87. The van der Waals surface area contributed by atoms with Crippen LogP contribution >= 0.6 is 0 Å². The van der Waals surface area contributed by atoms with Crippen molar-refractivity contribution in [2.75, 3.05) is 6.54 Å². The molecule has 1 aliphatic rings. The highest BCUT2D eigenvalue weighted by Crippen LogP contribution is 2.26. The monoisotopic (exact) mass is 274 g/mol. The van der Waals surface area contributed by atoms with Gasteiger partial charge in [-0.15, -0.1) is 0 Å². The highest BCUT2D eigenvalue weighted by molar-refractivity contribution is 5.81. The lowest BCUT2D eigenvalue weighted by Gasteiger charge is -2.24. The number of carbonyl (C=O) groups is 1. The Labute approximate surface area is 121 Å². The standard InChI is InChI=1S/C17H26N2O/c18-16(13-15-9-5-2-6-10-15)17(20)19-12-11-14-7-3-1-4-8-14/h1,3-4,7-8,15-16H,2,5-6,9-13,18H2,(H,19,20). The van der Waals surface area contributed by atoms with Gasteiger partial charge in [0.1, 0.15) is 0 Å². The predicted molar refractivity (Wildman–Crippen MR) is 82.3 cm³/mol. The molecule has 2 rings (SSSR count). The largest absolute Gasteiger partial charge is 0.354 e. The zero-order valence-corrected chi connectivity index (χ0v) is 12.2. The lowest BCUT2D eigenvalue weighted by atomic mass is 9.85. The van der Waals surface area contributed by atoms with Crippen molar-refractivity contribution in [1.29, 1.82) is 0 Å². The van der Waals surface area contributed by atoms with Gasteiger partial charge in [-0.1, -0.05) is 62.4 Å². The SMILES string of the molecule is NC(CC1CCCCC1)C(=O)NCCc1ccccc1. The van der Waals surface area contributed by atoms with E-state index < -0.39 is 0 Å². The quantitative estimate of drug-likeness (QED) is 0.838. The first kappa shape index (κ1) is 15.0. The summed E-state index contributed by atoms with van der Waals surface area (Å²) in [7, 11) is 0. The summed E-state index contributed by atoms with van der Waals surface area (Å²) in [6, 6.07) is 9.86. The van der Waals surface area contributed by atoms with E-state index in [2.05, 4.69) is 17.4 Å². The lowest BCUT2D eigenvalue weighted by Crippen LogP contribution is -2.42. The third kappa shape index (κ3) is 4.97. The molecule has 0 saturated heterocycles. The topological polar surface area (TPSA) is 55.1 Å². The first-order chi connectivity index (χ1) is 9.75. The summed E-state index contributed by atoms with van der Waals surface area (Å²) < 4.78 is 0. The third-order valence-electron chi connectivity index (χ3n) is 4.20. The molecule has 1 aromatic rings. The van der Waals surface area contributed by atoms with Crippen LogP contribution in [0.1, 0.15) is 44.1 Å². The average Bonchev–Trinajstić information content (AvgIpc) is 2.49. The summed E-state index contributed by atoms with van der Waals surface area (Å²) in [5.74, 6) is 0.658. The molecule has 3 nitrogen and oxygen atoms in total. The number of nitrogens with two attached hydrogens (primary N) is 1. The highest BCUT2D eigenvalue weighted by Gasteiger charge is 2.20. The number of carbonyl (C=O) groups excluding carboxylic acids is 1. The maximum atomic E-state index is 12.0. The summed E-state index contributed by atoms with van der Waals surface area (Å²) in [5.41, 5.74) is 7.26. The highest BCUT2D eigenvalue weighted by atomic mass is 16.2. The van der Waals surface area contributed by atoms with Gasteiger partial charge in [-0.05, 0) is 24.3 Å². The van der Waals surface area contributed by atoms with Crippen molar-refractivity contribution < 1.29 is 4.79 Å². The number of hydrogen-bond donors (Lipinski definition) is 2. The Morgan fingerprint density at radius 3 is 2.60 bits per heavy atom. The van der Waals surface area contributed by atoms with Gasteiger partial charge in [0.2, 0.25) is 5.91 Å². The molecule has 20 heavy (non-hydrogen) atoms. The van der Waals surface area contributed by atoms with E-state index in [1.807, 2.05) is 18.2 Å². The molecule has 0 radical (unpaired) electrons. The molecule has 1 aromatic carbocycles. The summed E-state index contributed by atoms with van der Waals surface area (Å²) >= 11 is 0. The Bertz CT molecular complexity index is 399. The minimum Gasteiger partial charge on any atom is -0.354 e. The number of hydrogen-bond acceptors (Lipinski definition) is 2. The Kier molecular flexibility index (Phi) is 6.06. The van der Waals surface area contributed by atoms with Crippen LogP contribution in [0.2, 0.25) is 0 Å². The van der Waals surface area contributed by atoms with Crippen LogP contribution in [0, 0.1) is 5.92 Å². The maximum absolute atomic E-state index is 12.0. The predicted octanol–water partition coefficient (Wildman–Crippen LogP) is 2.64. The molecule has 1 fully saturated rings. The van der Waals surface area contributed by atoms with E-state index in [-0.39, 0.29) is 11.9 Å². The molecule has 1 saturated carbocycles. The van der Waals surface area contributed by atoms with Gasteiger partial charge < -0.3 is 11.1 Å². The van der Waals surface area contributed by atoms with E-state index in [0.717, 1.165) is 12.8 Å². The molecular weight excluding hydrogens is 248 g/mol. The molecule has 3 N–H and O–H groups in total. The zero-order valence-electron chi connectivity index (χ0n) is 12.2. The lowest BCUT2D eigenvalue weighted by molar-refractivity contribution is -0.122. The van der Waals surface area contributed by atoms with Crippen LogP contribution in [0.3, 0.4) is 0 Å². The summed E-state index contributed by atoms with van der Waals surface area (Å²) in [4.78, 5) is 12.0. The van der Waals surface area contributed by atoms with Crippen LogP contribution in [0.25, 0.3) is 0 Å². The van der Waals surface area contributed by atoms with Crippen molar-refractivity contribution in [1.82, 2.24) is 5.32 Å². The van der Waals surface area contributed by atoms with Gasteiger partial charge >= 0.3 is 0 Å². The van der Waals surface area contributed by atoms with Gasteiger partial charge in [-0.3, -0.25) is 4.79 Å². The molecule has 1 atom stereocenters. The van der Waals surface area contributed by atoms with Crippen LogP contribution < -0.4 is 11.1 Å². The van der Waals surface area contributed by atoms with Crippen LogP contribution in [-0.2, 0) is 11.2 Å². The summed E-state index contributed by atoms with van der Waals surface area (Å²) in [6.07, 6.45) is 8.13. The van der Waals surface area contributed by atoms with Gasteiger partial charge in [0.25, 0.3) is 0 Å². The number of nitrogens with one attached hydrogen (secondary N) is 1. The smallest absolute Gasteiger partial charge is 0.236 e. The molecule has 0 heterocycles. The normalized spacial score (nSPS) is 17.6. The van der Waals surface area contributed by atoms with Gasteiger partial charge in [-0.2, -0.15) is 0 Å². The molecule has 1 amide bonds. The Hall–Kier alpha value is -1.35. The second kappa shape index (κ2) is 8.05. The number of benzene rings is 1.